The Kier molecular flexibility index (Phi) is 5.32. The van der Waals surface area contributed by atoms with Crippen LogP contribution in [0.2, 0.25) is 0 Å². The average molecular weight is 403 g/mol. The zero-order valence-electron chi connectivity index (χ0n) is 10.6. The Morgan fingerprint density at radius 3 is 2.30 bits per heavy atom. The molecule has 3 N–H and O–H groups in total. The fourth-order valence-corrected chi connectivity index (χ4v) is 2.97. The highest BCUT2D eigenvalue weighted by molar-refractivity contribution is 9.10. The van der Waals surface area contributed by atoms with Gasteiger partial charge in [-0.25, -0.2) is 4.39 Å². The van der Waals surface area contributed by atoms with Crippen molar-refractivity contribution in [2.45, 2.75) is 12.0 Å². The highest BCUT2D eigenvalue weighted by Crippen LogP contribution is 2.34. The number of hydrogen-bond acceptors (Lipinski definition) is 2. The maximum absolute atomic E-state index is 13.1. The quantitative estimate of drug-likeness (QED) is 0.807. The van der Waals surface area contributed by atoms with Crippen molar-refractivity contribution in [1.82, 2.24) is 0 Å². The largest absolute Gasteiger partial charge is 0.388 e. The van der Waals surface area contributed by atoms with Crippen LogP contribution in [0.3, 0.4) is 0 Å². The van der Waals surface area contributed by atoms with E-state index in [0.717, 1.165) is 10.0 Å². The molecule has 0 heterocycles. The summed E-state index contributed by atoms with van der Waals surface area (Å²) in [6.45, 7) is 0.298. The number of nitrogens with two attached hydrogens (primary N) is 1. The highest BCUT2D eigenvalue weighted by atomic mass is 79.9. The molecule has 20 heavy (non-hydrogen) atoms. The van der Waals surface area contributed by atoms with Gasteiger partial charge in [0.25, 0.3) is 0 Å². The lowest BCUT2D eigenvalue weighted by molar-refractivity contribution is 0.146. The fraction of sp³-hybridized carbons (Fsp3) is 0.200. The van der Waals surface area contributed by atoms with Crippen LogP contribution in [0, 0.1) is 5.82 Å². The molecule has 0 saturated carbocycles. The molecular formula is C15H14Br2FNO. The third-order valence-electron chi connectivity index (χ3n) is 3.21. The van der Waals surface area contributed by atoms with Crippen molar-refractivity contribution in [3.63, 3.8) is 0 Å². The lowest BCUT2D eigenvalue weighted by Gasteiger charge is -2.23. The molecule has 2 aromatic carbocycles. The molecule has 0 aliphatic rings. The molecule has 0 aliphatic heterocycles. The molecule has 0 radical (unpaired) electrons. The molecule has 2 nitrogen and oxygen atoms in total. The minimum atomic E-state index is -0.795. The summed E-state index contributed by atoms with van der Waals surface area (Å²) in [6, 6.07) is 11.9. The van der Waals surface area contributed by atoms with E-state index in [1.807, 2.05) is 24.3 Å². The molecule has 2 rings (SSSR count). The minimum Gasteiger partial charge on any atom is -0.388 e. The third-order valence-corrected chi connectivity index (χ3v) is 4.43. The van der Waals surface area contributed by atoms with Crippen molar-refractivity contribution in [3.8, 4) is 0 Å². The lowest BCUT2D eigenvalue weighted by atomic mass is 9.89. The number of hydrogen-bond donors (Lipinski definition) is 2. The second-order valence-corrected chi connectivity index (χ2v) is 6.27. The molecule has 0 saturated heterocycles. The van der Waals surface area contributed by atoms with Crippen LogP contribution in [-0.4, -0.2) is 11.7 Å². The van der Waals surface area contributed by atoms with Gasteiger partial charge in [0.05, 0.1) is 6.10 Å². The third kappa shape index (κ3) is 3.47. The van der Waals surface area contributed by atoms with Crippen LogP contribution in [0.5, 0.6) is 0 Å². The number of aliphatic hydroxyl groups excluding tert-OH is 1. The van der Waals surface area contributed by atoms with Crippen molar-refractivity contribution in [3.05, 3.63) is 68.4 Å². The maximum Gasteiger partial charge on any atom is 0.124 e. The first-order valence-electron chi connectivity index (χ1n) is 6.11. The Labute approximate surface area is 134 Å². The van der Waals surface area contributed by atoms with Gasteiger partial charge in [0.15, 0.2) is 0 Å². The van der Waals surface area contributed by atoms with Gasteiger partial charge >= 0.3 is 0 Å². The van der Waals surface area contributed by atoms with Gasteiger partial charge < -0.3 is 10.8 Å². The van der Waals surface area contributed by atoms with E-state index in [-0.39, 0.29) is 11.7 Å². The van der Waals surface area contributed by atoms with Crippen LogP contribution in [0.15, 0.2) is 51.4 Å². The van der Waals surface area contributed by atoms with Gasteiger partial charge in [-0.05, 0) is 35.4 Å². The van der Waals surface area contributed by atoms with E-state index in [0.29, 0.717) is 16.6 Å². The number of benzene rings is 2. The van der Waals surface area contributed by atoms with Gasteiger partial charge in [-0.2, -0.15) is 0 Å². The predicted molar refractivity (Wildman–Crippen MR) is 85.0 cm³/mol. The van der Waals surface area contributed by atoms with Gasteiger partial charge in [-0.3, -0.25) is 0 Å². The number of halogens is 3. The van der Waals surface area contributed by atoms with Gasteiger partial charge in [-0.15, -0.1) is 0 Å². The Balaban J connectivity index is 2.33. The van der Waals surface area contributed by atoms with Crippen molar-refractivity contribution in [1.29, 1.82) is 0 Å². The summed E-state index contributed by atoms with van der Waals surface area (Å²) in [7, 11) is 0. The standard InChI is InChI=1S/C15H14Br2FNO/c16-10-3-1-9(2-4-10)13(8-19)15(20)12-6-5-11(18)7-14(12)17/h1-7,13,15,20H,8,19H2. The molecule has 0 spiro atoms. The molecule has 2 aromatic rings. The van der Waals surface area contributed by atoms with E-state index < -0.39 is 6.10 Å². The van der Waals surface area contributed by atoms with Crippen LogP contribution >= 0.6 is 31.9 Å². The van der Waals surface area contributed by atoms with Crippen molar-refractivity contribution >= 4 is 31.9 Å². The van der Waals surface area contributed by atoms with Gasteiger partial charge in [0, 0.05) is 21.4 Å². The van der Waals surface area contributed by atoms with E-state index in [2.05, 4.69) is 31.9 Å². The van der Waals surface area contributed by atoms with E-state index in [1.165, 1.54) is 12.1 Å². The SMILES string of the molecule is NCC(c1ccc(Br)cc1)C(O)c1ccc(F)cc1Br. The van der Waals surface area contributed by atoms with Gasteiger partial charge in [0.1, 0.15) is 5.82 Å². The summed E-state index contributed by atoms with van der Waals surface area (Å²) in [4.78, 5) is 0. The Hall–Kier alpha value is -0.750. The summed E-state index contributed by atoms with van der Waals surface area (Å²) in [5, 5.41) is 10.5. The molecule has 0 amide bonds. The van der Waals surface area contributed by atoms with E-state index >= 15 is 0 Å². The van der Waals surface area contributed by atoms with Crippen molar-refractivity contribution < 1.29 is 9.50 Å². The normalized spacial score (nSPS) is 14.1. The van der Waals surface area contributed by atoms with Gasteiger partial charge in [0.2, 0.25) is 0 Å². The average Bonchev–Trinajstić information content (AvgIpc) is 2.41. The molecule has 5 heteroatoms. The maximum atomic E-state index is 13.1. The zero-order chi connectivity index (χ0) is 14.7. The monoisotopic (exact) mass is 401 g/mol. The summed E-state index contributed by atoms with van der Waals surface area (Å²) >= 11 is 6.66. The topological polar surface area (TPSA) is 46.2 Å². The van der Waals surface area contributed by atoms with Crippen LogP contribution < -0.4 is 5.73 Å². The minimum absolute atomic E-state index is 0.245. The van der Waals surface area contributed by atoms with E-state index in [4.69, 9.17) is 5.73 Å². The molecule has 106 valence electrons. The number of aliphatic hydroxyl groups is 1. The number of rotatable bonds is 4. The first kappa shape index (κ1) is 15.6. The van der Waals surface area contributed by atoms with E-state index in [9.17, 15) is 9.50 Å². The smallest absolute Gasteiger partial charge is 0.124 e. The Morgan fingerprint density at radius 1 is 1.10 bits per heavy atom. The molecule has 0 fully saturated rings. The molecule has 2 unspecified atom stereocenters. The first-order valence-corrected chi connectivity index (χ1v) is 7.70. The summed E-state index contributed by atoms with van der Waals surface area (Å²) in [6.07, 6.45) is -0.795. The van der Waals surface area contributed by atoms with Crippen LogP contribution in [-0.2, 0) is 0 Å². The first-order chi connectivity index (χ1) is 9.52. The van der Waals surface area contributed by atoms with Crippen LogP contribution in [0.1, 0.15) is 23.1 Å². The van der Waals surface area contributed by atoms with Crippen molar-refractivity contribution in [2.75, 3.05) is 6.54 Å². The predicted octanol–water partition coefficient (Wildman–Crippen LogP) is 4.13. The lowest BCUT2D eigenvalue weighted by Crippen LogP contribution is -2.20. The van der Waals surface area contributed by atoms with E-state index in [1.54, 1.807) is 6.07 Å². The molecule has 0 bridgehead atoms. The zero-order valence-corrected chi connectivity index (χ0v) is 13.7. The molecular weight excluding hydrogens is 389 g/mol. The summed E-state index contributed by atoms with van der Waals surface area (Å²) in [5.41, 5.74) is 7.37. The second kappa shape index (κ2) is 6.80. The Bertz CT molecular complexity index is 589. The fourth-order valence-electron chi connectivity index (χ4n) is 2.12. The second-order valence-electron chi connectivity index (χ2n) is 4.50. The summed E-state index contributed by atoms with van der Waals surface area (Å²) in [5.74, 6) is -0.592. The van der Waals surface area contributed by atoms with Gasteiger partial charge in [-0.1, -0.05) is 50.1 Å². The molecule has 0 aliphatic carbocycles. The molecule has 0 aromatic heterocycles. The van der Waals surface area contributed by atoms with Crippen molar-refractivity contribution in [2.24, 2.45) is 5.73 Å². The Morgan fingerprint density at radius 2 is 1.75 bits per heavy atom. The van der Waals surface area contributed by atoms with Crippen LogP contribution in [0.25, 0.3) is 0 Å². The molecule has 2 atom stereocenters. The highest BCUT2D eigenvalue weighted by Gasteiger charge is 2.23. The van der Waals surface area contributed by atoms with Crippen LogP contribution in [0.4, 0.5) is 4.39 Å². The summed E-state index contributed by atoms with van der Waals surface area (Å²) < 4.78 is 14.6.